The number of hydrogen-bond acceptors (Lipinski definition) is 3. The van der Waals surface area contributed by atoms with Crippen LogP contribution in [0.5, 0.6) is 0 Å². The molecule has 0 aliphatic heterocycles. The summed E-state index contributed by atoms with van der Waals surface area (Å²) in [5, 5.41) is 0. The van der Waals surface area contributed by atoms with E-state index < -0.39 is 9.84 Å². The van der Waals surface area contributed by atoms with Crippen LogP contribution in [0.25, 0.3) is 0 Å². The van der Waals surface area contributed by atoms with Gasteiger partial charge in [-0.05, 0) is 24.5 Å². The molecule has 2 N–H and O–H groups in total. The summed E-state index contributed by atoms with van der Waals surface area (Å²) in [6.07, 6.45) is 0. The van der Waals surface area contributed by atoms with Crippen molar-refractivity contribution in [2.75, 3.05) is 5.75 Å². The number of rotatable bonds is 5. The summed E-state index contributed by atoms with van der Waals surface area (Å²) in [7, 11) is -3.20. The maximum atomic E-state index is 12.1. The summed E-state index contributed by atoms with van der Waals surface area (Å²) in [5.74, 6) is 0.481. The standard InChI is InChI=1S/C14H23NO2S/c1-5-18(16,17)13-9-7-6-8-12(13)14(10(2)3)11(4)15/h6-11,14H,5,15H2,1-4H3. The molecule has 1 rings (SSSR count). The van der Waals surface area contributed by atoms with Crippen LogP contribution >= 0.6 is 0 Å². The van der Waals surface area contributed by atoms with E-state index in [1.54, 1.807) is 19.1 Å². The normalized spacial score (nSPS) is 15.7. The molecule has 0 aliphatic rings. The van der Waals surface area contributed by atoms with Crippen molar-refractivity contribution < 1.29 is 8.42 Å². The Morgan fingerprint density at radius 3 is 2.17 bits per heavy atom. The predicted octanol–water partition coefficient (Wildman–Crippen LogP) is 2.57. The maximum absolute atomic E-state index is 12.1. The summed E-state index contributed by atoms with van der Waals surface area (Å²) in [4.78, 5) is 0.434. The van der Waals surface area contributed by atoms with Crippen LogP contribution in [0.2, 0.25) is 0 Å². The van der Waals surface area contributed by atoms with E-state index in [9.17, 15) is 8.42 Å². The fraction of sp³-hybridized carbons (Fsp3) is 0.571. The lowest BCUT2D eigenvalue weighted by Gasteiger charge is -2.27. The summed E-state index contributed by atoms with van der Waals surface area (Å²) >= 11 is 0. The molecule has 2 unspecified atom stereocenters. The van der Waals surface area contributed by atoms with Gasteiger partial charge in [0.15, 0.2) is 9.84 Å². The van der Waals surface area contributed by atoms with Gasteiger partial charge in [0.05, 0.1) is 10.6 Å². The zero-order valence-electron chi connectivity index (χ0n) is 11.6. The van der Waals surface area contributed by atoms with Crippen LogP contribution in [-0.4, -0.2) is 20.2 Å². The lowest BCUT2D eigenvalue weighted by atomic mass is 9.83. The molecule has 18 heavy (non-hydrogen) atoms. The first-order valence-corrected chi connectivity index (χ1v) is 8.03. The van der Waals surface area contributed by atoms with Gasteiger partial charge in [-0.15, -0.1) is 0 Å². The smallest absolute Gasteiger partial charge is 0.178 e. The van der Waals surface area contributed by atoms with Crippen molar-refractivity contribution in [1.29, 1.82) is 0 Å². The number of benzene rings is 1. The van der Waals surface area contributed by atoms with Gasteiger partial charge < -0.3 is 5.73 Å². The van der Waals surface area contributed by atoms with Gasteiger partial charge in [0.2, 0.25) is 0 Å². The van der Waals surface area contributed by atoms with Gasteiger partial charge in [0.1, 0.15) is 0 Å². The van der Waals surface area contributed by atoms with Gasteiger partial charge in [0.25, 0.3) is 0 Å². The molecular weight excluding hydrogens is 246 g/mol. The predicted molar refractivity (Wildman–Crippen MR) is 75.4 cm³/mol. The van der Waals surface area contributed by atoms with E-state index in [-0.39, 0.29) is 17.7 Å². The third-order valence-corrected chi connectivity index (χ3v) is 5.08. The highest BCUT2D eigenvalue weighted by Crippen LogP contribution is 2.32. The quantitative estimate of drug-likeness (QED) is 0.893. The highest BCUT2D eigenvalue weighted by Gasteiger charge is 2.26. The minimum atomic E-state index is -3.20. The third-order valence-electron chi connectivity index (χ3n) is 3.28. The first-order valence-electron chi connectivity index (χ1n) is 6.38. The van der Waals surface area contributed by atoms with Crippen LogP contribution in [-0.2, 0) is 9.84 Å². The molecule has 0 aliphatic carbocycles. The Morgan fingerprint density at radius 1 is 1.17 bits per heavy atom. The second-order valence-electron chi connectivity index (χ2n) is 5.07. The SMILES string of the molecule is CCS(=O)(=O)c1ccccc1C(C(C)C)C(C)N. The van der Waals surface area contributed by atoms with E-state index in [1.807, 2.05) is 19.1 Å². The fourth-order valence-corrected chi connectivity index (χ4v) is 3.60. The molecular formula is C14H23NO2S. The highest BCUT2D eigenvalue weighted by molar-refractivity contribution is 7.91. The van der Waals surface area contributed by atoms with Crippen molar-refractivity contribution in [3.05, 3.63) is 29.8 Å². The van der Waals surface area contributed by atoms with Gasteiger partial charge >= 0.3 is 0 Å². The first-order chi connectivity index (χ1) is 8.31. The van der Waals surface area contributed by atoms with Gasteiger partial charge in [-0.3, -0.25) is 0 Å². The summed E-state index contributed by atoms with van der Waals surface area (Å²) in [5.41, 5.74) is 6.88. The van der Waals surface area contributed by atoms with E-state index in [0.29, 0.717) is 10.8 Å². The molecule has 1 aromatic carbocycles. The Kier molecular flexibility index (Phi) is 4.93. The summed E-state index contributed by atoms with van der Waals surface area (Å²) < 4.78 is 24.3. The Morgan fingerprint density at radius 2 is 1.72 bits per heavy atom. The van der Waals surface area contributed by atoms with E-state index in [2.05, 4.69) is 13.8 Å². The van der Waals surface area contributed by atoms with Crippen LogP contribution in [0.4, 0.5) is 0 Å². The van der Waals surface area contributed by atoms with Crippen LogP contribution in [0.15, 0.2) is 29.2 Å². The second-order valence-corrected chi connectivity index (χ2v) is 7.32. The summed E-state index contributed by atoms with van der Waals surface area (Å²) in [6.45, 7) is 7.75. The van der Waals surface area contributed by atoms with Crippen molar-refractivity contribution in [1.82, 2.24) is 0 Å². The molecule has 0 spiro atoms. The van der Waals surface area contributed by atoms with Crippen molar-refractivity contribution in [3.63, 3.8) is 0 Å². The molecule has 0 bridgehead atoms. The van der Waals surface area contributed by atoms with Crippen molar-refractivity contribution >= 4 is 9.84 Å². The Balaban J connectivity index is 3.41. The molecule has 4 heteroatoms. The molecule has 102 valence electrons. The maximum Gasteiger partial charge on any atom is 0.178 e. The van der Waals surface area contributed by atoms with Gasteiger partial charge in [-0.2, -0.15) is 0 Å². The Bertz CT molecular complexity index is 484. The van der Waals surface area contributed by atoms with Crippen LogP contribution in [0.3, 0.4) is 0 Å². The van der Waals surface area contributed by atoms with Crippen LogP contribution < -0.4 is 5.73 Å². The van der Waals surface area contributed by atoms with E-state index in [1.165, 1.54) is 0 Å². The minimum absolute atomic E-state index is 0.0579. The first kappa shape index (κ1) is 15.2. The van der Waals surface area contributed by atoms with Crippen molar-refractivity contribution in [2.24, 2.45) is 11.7 Å². The lowest BCUT2D eigenvalue weighted by Crippen LogP contribution is -2.29. The third kappa shape index (κ3) is 3.12. The molecule has 2 atom stereocenters. The van der Waals surface area contributed by atoms with Crippen LogP contribution in [0, 0.1) is 5.92 Å². The molecule has 0 radical (unpaired) electrons. The molecule has 0 fully saturated rings. The zero-order valence-corrected chi connectivity index (χ0v) is 12.4. The molecule has 0 saturated heterocycles. The molecule has 0 saturated carbocycles. The minimum Gasteiger partial charge on any atom is -0.327 e. The lowest BCUT2D eigenvalue weighted by molar-refractivity contribution is 0.429. The highest BCUT2D eigenvalue weighted by atomic mass is 32.2. The molecule has 1 aromatic rings. The van der Waals surface area contributed by atoms with Gasteiger partial charge in [-0.25, -0.2) is 8.42 Å². The number of sulfone groups is 1. The Hall–Kier alpha value is -0.870. The Labute approximate surface area is 110 Å². The van der Waals surface area contributed by atoms with E-state index >= 15 is 0 Å². The number of nitrogens with two attached hydrogens (primary N) is 1. The molecule has 3 nitrogen and oxygen atoms in total. The van der Waals surface area contributed by atoms with E-state index in [4.69, 9.17) is 5.73 Å². The summed E-state index contributed by atoms with van der Waals surface area (Å²) in [6, 6.07) is 7.15. The second kappa shape index (κ2) is 5.85. The largest absolute Gasteiger partial charge is 0.327 e. The average molecular weight is 269 g/mol. The fourth-order valence-electron chi connectivity index (χ4n) is 2.44. The number of hydrogen-bond donors (Lipinski definition) is 1. The van der Waals surface area contributed by atoms with Crippen molar-refractivity contribution in [2.45, 2.75) is 44.6 Å². The van der Waals surface area contributed by atoms with Crippen molar-refractivity contribution in [3.8, 4) is 0 Å². The topological polar surface area (TPSA) is 60.2 Å². The molecule has 0 amide bonds. The van der Waals surface area contributed by atoms with Gasteiger partial charge in [-0.1, -0.05) is 39.0 Å². The van der Waals surface area contributed by atoms with Crippen LogP contribution in [0.1, 0.15) is 39.2 Å². The molecule has 0 aromatic heterocycles. The van der Waals surface area contributed by atoms with E-state index in [0.717, 1.165) is 5.56 Å². The average Bonchev–Trinajstić information content (AvgIpc) is 2.28. The monoisotopic (exact) mass is 269 g/mol. The van der Waals surface area contributed by atoms with Gasteiger partial charge in [0, 0.05) is 12.0 Å². The molecule has 0 heterocycles. The zero-order chi connectivity index (χ0) is 13.9.